The Bertz CT molecular complexity index is 985. The molecule has 0 aliphatic heterocycles. The molecule has 0 radical (unpaired) electrons. The number of benzene rings is 2. The van der Waals surface area contributed by atoms with E-state index >= 15 is 0 Å². The van der Waals surface area contributed by atoms with Crippen molar-refractivity contribution in [2.45, 2.75) is 11.8 Å². The number of carbonyl (C=O) groups is 1. The zero-order chi connectivity index (χ0) is 20.7. The highest BCUT2D eigenvalue weighted by atomic mass is 32.2. The summed E-state index contributed by atoms with van der Waals surface area (Å²) >= 11 is 0. The number of hydrazone groups is 1. The van der Waals surface area contributed by atoms with Gasteiger partial charge in [-0.15, -0.1) is 0 Å². The average Bonchev–Trinajstić information content (AvgIpc) is 2.70. The zero-order valence-corrected chi connectivity index (χ0v) is 15.9. The Hall–Kier alpha value is -3.31. The second-order valence-corrected chi connectivity index (χ2v) is 7.30. The van der Waals surface area contributed by atoms with Gasteiger partial charge in [0.2, 0.25) is 10.0 Å². The van der Waals surface area contributed by atoms with Gasteiger partial charge in [-0.25, -0.2) is 18.6 Å². The first kappa shape index (κ1) is 21.0. The number of nitrogens with zero attached hydrogens (tertiary/aromatic N) is 2. The van der Waals surface area contributed by atoms with Gasteiger partial charge in [0.1, 0.15) is 5.75 Å². The van der Waals surface area contributed by atoms with Crippen molar-refractivity contribution in [1.82, 2.24) is 10.1 Å². The van der Waals surface area contributed by atoms with Crippen molar-refractivity contribution in [1.29, 1.82) is 0 Å². The Labute approximate surface area is 161 Å². The average molecular weight is 406 g/mol. The highest BCUT2D eigenvalue weighted by molar-refractivity contribution is 7.89. The van der Waals surface area contributed by atoms with Gasteiger partial charge in [-0.3, -0.25) is 14.9 Å². The second-order valence-electron chi connectivity index (χ2n) is 5.54. The molecular formula is C17H18N4O6S. The number of rotatable bonds is 8. The number of methoxy groups -OCH3 is 1. The molecule has 1 amide bonds. The van der Waals surface area contributed by atoms with Crippen LogP contribution in [0.2, 0.25) is 0 Å². The first-order chi connectivity index (χ1) is 13.2. The van der Waals surface area contributed by atoms with Gasteiger partial charge in [0.25, 0.3) is 11.6 Å². The highest BCUT2D eigenvalue weighted by Gasteiger charge is 2.17. The van der Waals surface area contributed by atoms with E-state index in [0.29, 0.717) is 11.5 Å². The summed E-state index contributed by atoms with van der Waals surface area (Å²) in [6.07, 6.45) is 0. The van der Waals surface area contributed by atoms with Crippen molar-refractivity contribution in [3.05, 3.63) is 64.2 Å². The van der Waals surface area contributed by atoms with E-state index in [2.05, 4.69) is 15.2 Å². The fraction of sp³-hybridized carbons (Fsp3) is 0.176. The van der Waals surface area contributed by atoms with Crippen LogP contribution in [0.4, 0.5) is 5.69 Å². The molecule has 0 aromatic heterocycles. The summed E-state index contributed by atoms with van der Waals surface area (Å²) in [5.41, 5.74) is 3.30. The quantitative estimate of drug-likeness (QED) is 0.386. The Morgan fingerprint density at radius 1 is 1.14 bits per heavy atom. The van der Waals surface area contributed by atoms with Gasteiger partial charge in [-0.05, 0) is 48.9 Å². The van der Waals surface area contributed by atoms with Gasteiger partial charge in [0.05, 0.1) is 29.2 Å². The fourth-order valence-corrected chi connectivity index (χ4v) is 3.06. The number of nitro benzene ring substituents is 1. The van der Waals surface area contributed by atoms with E-state index in [1.165, 1.54) is 0 Å². The van der Waals surface area contributed by atoms with Crippen molar-refractivity contribution < 1.29 is 22.9 Å². The summed E-state index contributed by atoms with van der Waals surface area (Å²) in [5, 5.41) is 14.5. The summed E-state index contributed by atoms with van der Waals surface area (Å²) < 4.78 is 31.4. The predicted octanol–water partition coefficient (Wildman–Crippen LogP) is 1.42. The molecule has 0 unspecified atom stereocenters. The Balaban J connectivity index is 1.94. The van der Waals surface area contributed by atoms with Gasteiger partial charge < -0.3 is 4.74 Å². The molecule has 0 aliphatic carbocycles. The monoisotopic (exact) mass is 406 g/mol. The van der Waals surface area contributed by atoms with Crippen LogP contribution in [0.3, 0.4) is 0 Å². The maximum Gasteiger partial charge on any atom is 0.269 e. The molecule has 2 aromatic rings. The number of hydrogen-bond donors (Lipinski definition) is 2. The van der Waals surface area contributed by atoms with Crippen molar-refractivity contribution >= 4 is 27.3 Å². The minimum absolute atomic E-state index is 0.191. The van der Waals surface area contributed by atoms with Gasteiger partial charge in [0, 0.05) is 12.1 Å². The minimum Gasteiger partial charge on any atom is -0.497 e. The smallest absolute Gasteiger partial charge is 0.269 e. The van der Waals surface area contributed by atoms with Crippen LogP contribution in [-0.2, 0) is 14.8 Å². The van der Waals surface area contributed by atoms with Crippen LogP contribution >= 0.6 is 0 Å². The topological polar surface area (TPSA) is 140 Å². The largest absolute Gasteiger partial charge is 0.497 e. The summed E-state index contributed by atoms with van der Waals surface area (Å²) in [6, 6.07) is 11.3. The van der Waals surface area contributed by atoms with Crippen LogP contribution in [0.5, 0.6) is 5.75 Å². The van der Waals surface area contributed by atoms with E-state index in [1.54, 1.807) is 38.3 Å². The van der Waals surface area contributed by atoms with Crippen molar-refractivity contribution in [3.8, 4) is 5.75 Å². The molecule has 2 N–H and O–H groups in total. The van der Waals surface area contributed by atoms with Crippen LogP contribution in [0.1, 0.15) is 12.5 Å². The van der Waals surface area contributed by atoms with E-state index in [4.69, 9.17) is 4.74 Å². The number of carbonyl (C=O) groups excluding carboxylic acids is 1. The molecule has 0 bridgehead atoms. The van der Waals surface area contributed by atoms with Gasteiger partial charge in [-0.2, -0.15) is 5.10 Å². The second kappa shape index (κ2) is 9.06. The lowest BCUT2D eigenvalue weighted by atomic mass is 10.1. The SMILES string of the molecule is COc1ccc(C(C)=NNC(=O)CNS(=O)(=O)c2ccc([N+](=O)[O-])cc2)cc1. The first-order valence-electron chi connectivity index (χ1n) is 7.94. The van der Waals surface area contributed by atoms with Crippen LogP contribution in [0.15, 0.2) is 58.5 Å². The van der Waals surface area contributed by atoms with E-state index in [-0.39, 0.29) is 10.6 Å². The van der Waals surface area contributed by atoms with Crippen LogP contribution in [0.25, 0.3) is 0 Å². The molecule has 0 saturated heterocycles. The third-order valence-electron chi connectivity index (χ3n) is 3.64. The molecule has 2 aromatic carbocycles. The predicted molar refractivity (Wildman–Crippen MR) is 102 cm³/mol. The number of non-ortho nitro benzene ring substituents is 1. The Morgan fingerprint density at radius 2 is 1.75 bits per heavy atom. The van der Waals surface area contributed by atoms with Crippen molar-refractivity contribution in [3.63, 3.8) is 0 Å². The molecule has 0 spiro atoms. The summed E-state index contributed by atoms with van der Waals surface area (Å²) in [4.78, 5) is 21.6. The van der Waals surface area contributed by atoms with E-state index in [0.717, 1.165) is 29.8 Å². The number of nitro groups is 1. The summed E-state index contributed by atoms with van der Waals surface area (Å²) in [6.45, 7) is 1.14. The van der Waals surface area contributed by atoms with Gasteiger partial charge in [0.15, 0.2) is 0 Å². The lowest BCUT2D eigenvalue weighted by Crippen LogP contribution is -2.35. The number of amides is 1. The molecule has 0 heterocycles. The normalized spacial score (nSPS) is 11.7. The van der Waals surface area contributed by atoms with Crippen molar-refractivity contribution in [2.24, 2.45) is 5.10 Å². The van der Waals surface area contributed by atoms with Crippen LogP contribution in [0, 0.1) is 10.1 Å². The molecule has 0 fully saturated rings. The molecule has 0 atom stereocenters. The maximum atomic E-state index is 12.1. The van der Waals surface area contributed by atoms with Gasteiger partial charge in [-0.1, -0.05) is 0 Å². The Kier molecular flexibility index (Phi) is 6.79. The van der Waals surface area contributed by atoms with Crippen molar-refractivity contribution in [2.75, 3.05) is 13.7 Å². The van der Waals surface area contributed by atoms with Gasteiger partial charge >= 0.3 is 0 Å². The molecule has 0 saturated carbocycles. The van der Waals surface area contributed by atoms with E-state index in [1.807, 2.05) is 0 Å². The number of nitrogens with one attached hydrogen (secondary N) is 2. The number of sulfonamides is 1. The lowest BCUT2D eigenvalue weighted by Gasteiger charge is -2.07. The standard InChI is InChI=1S/C17H18N4O6S/c1-12(13-3-7-15(27-2)8-4-13)19-20-17(22)11-18-28(25,26)16-9-5-14(6-10-16)21(23)24/h3-10,18H,11H2,1-2H3,(H,20,22). The molecule has 2 rings (SSSR count). The van der Waals surface area contributed by atoms with Crippen LogP contribution in [-0.4, -0.2) is 38.6 Å². The fourth-order valence-electron chi connectivity index (χ4n) is 2.07. The molecule has 11 heteroatoms. The first-order valence-corrected chi connectivity index (χ1v) is 9.43. The summed E-state index contributed by atoms with van der Waals surface area (Å²) in [5.74, 6) is 0.0135. The number of ether oxygens (including phenoxy) is 1. The minimum atomic E-state index is -3.99. The third-order valence-corrected chi connectivity index (χ3v) is 5.05. The molecular weight excluding hydrogens is 388 g/mol. The molecule has 0 aliphatic rings. The Morgan fingerprint density at radius 3 is 2.29 bits per heavy atom. The molecule has 28 heavy (non-hydrogen) atoms. The summed E-state index contributed by atoms with van der Waals surface area (Å²) in [7, 11) is -2.44. The van der Waals surface area contributed by atoms with E-state index in [9.17, 15) is 23.3 Å². The van der Waals surface area contributed by atoms with Crippen LogP contribution < -0.4 is 14.9 Å². The molecule has 148 valence electrons. The third kappa shape index (κ3) is 5.59. The lowest BCUT2D eigenvalue weighted by molar-refractivity contribution is -0.384. The maximum absolute atomic E-state index is 12.1. The zero-order valence-electron chi connectivity index (χ0n) is 15.1. The number of hydrogen-bond acceptors (Lipinski definition) is 7. The molecule has 10 nitrogen and oxygen atoms in total. The van der Waals surface area contributed by atoms with E-state index < -0.39 is 27.4 Å². The highest BCUT2D eigenvalue weighted by Crippen LogP contribution is 2.15.